The molecule has 1 atom stereocenters. The zero-order chi connectivity index (χ0) is 11.4. The molecule has 0 amide bonds. The lowest BCUT2D eigenvalue weighted by atomic mass is 10.1. The van der Waals surface area contributed by atoms with Crippen LogP contribution in [-0.2, 0) is 0 Å². The molecule has 0 N–H and O–H groups in total. The van der Waals surface area contributed by atoms with E-state index >= 15 is 0 Å². The highest BCUT2D eigenvalue weighted by Crippen LogP contribution is 2.22. The van der Waals surface area contributed by atoms with E-state index < -0.39 is 0 Å². The third-order valence-corrected chi connectivity index (χ3v) is 3.22. The lowest BCUT2D eigenvalue weighted by Gasteiger charge is -2.28. The molecular formula is C13H17N3. The highest BCUT2D eigenvalue weighted by molar-refractivity contribution is 5.42. The molecule has 1 unspecified atom stereocenters. The van der Waals surface area contributed by atoms with Crippen LogP contribution in [-0.4, -0.2) is 17.6 Å². The number of anilines is 1. The lowest BCUT2D eigenvalue weighted by molar-refractivity contribution is 0.611. The summed E-state index contributed by atoms with van der Waals surface area (Å²) >= 11 is 0. The number of pyridine rings is 1. The van der Waals surface area contributed by atoms with Crippen LogP contribution in [0.25, 0.3) is 0 Å². The van der Waals surface area contributed by atoms with Gasteiger partial charge >= 0.3 is 0 Å². The second-order valence-electron chi connectivity index (χ2n) is 4.41. The number of rotatable bonds is 1. The van der Waals surface area contributed by atoms with Crippen LogP contribution in [0.1, 0.15) is 38.2 Å². The third-order valence-electron chi connectivity index (χ3n) is 3.22. The molecule has 0 saturated carbocycles. The molecule has 1 saturated heterocycles. The number of nitriles is 1. The maximum Gasteiger partial charge on any atom is 0.128 e. The minimum atomic E-state index is 0.558. The Hall–Kier alpha value is -1.56. The van der Waals surface area contributed by atoms with Crippen molar-refractivity contribution in [3.63, 3.8) is 0 Å². The fourth-order valence-corrected chi connectivity index (χ4v) is 2.24. The molecule has 0 aromatic carbocycles. The van der Waals surface area contributed by atoms with Crippen molar-refractivity contribution in [3.8, 4) is 6.07 Å². The Bertz CT molecular complexity index is 377. The van der Waals surface area contributed by atoms with Gasteiger partial charge in [-0.1, -0.05) is 12.8 Å². The lowest BCUT2D eigenvalue weighted by Crippen LogP contribution is -2.33. The fraction of sp³-hybridized carbons (Fsp3) is 0.538. The molecule has 1 aliphatic heterocycles. The molecule has 3 heteroatoms. The average molecular weight is 215 g/mol. The summed E-state index contributed by atoms with van der Waals surface area (Å²) in [5, 5.41) is 8.73. The second kappa shape index (κ2) is 4.98. The Kier molecular flexibility index (Phi) is 3.40. The maximum absolute atomic E-state index is 8.73. The van der Waals surface area contributed by atoms with E-state index in [0.717, 1.165) is 12.4 Å². The van der Waals surface area contributed by atoms with Crippen molar-refractivity contribution < 1.29 is 0 Å². The van der Waals surface area contributed by atoms with Crippen molar-refractivity contribution in [2.24, 2.45) is 0 Å². The van der Waals surface area contributed by atoms with Crippen molar-refractivity contribution in [3.05, 3.63) is 23.9 Å². The number of aromatic nitrogens is 1. The molecule has 1 aromatic rings. The zero-order valence-corrected chi connectivity index (χ0v) is 9.69. The summed E-state index contributed by atoms with van der Waals surface area (Å²) in [6.45, 7) is 3.34. The maximum atomic E-state index is 8.73. The van der Waals surface area contributed by atoms with Gasteiger partial charge in [-0.05, 0) is 31.9 Å². The first-order chi connectivity index (χ1) is 7.81. The molecule has 1 fully saturated rings. The van der Waals surface area contributed by atoms with Crippen LogP contribution in [0.2, 0.25) is 0 Å². The summed E-state index contributed by atoms with van der Waals surface area (Å²) < 4.78 is 0. The molecule has 0 aliphatic carbocycles. The highest BCUT2D eigenvalue weighted by Gasteiger charge is 2.17. The van der Waals surface area contributed by atoms with Crippen LogP contribution >= 0.6 is 0 Å². The quantitative estimate of drug-likeness (QED) is 0.723. The number of hydrogen-bond donors (Lipinski definition) is 0. The van der Waals surface area contributed by atoms with Crippen LogP contribution in [0.4, 0.5) is 5.82 Å². The molecule has 3 nitrogen and oxygen atoms in total. The SMILES string of the molecule is CC1CCCCCN1c1ccc(C#N)cn1. The van der Waals surface area contributed by atoms with Gasteiger partial charge in [0, 0.05) is 18.8 Å². The molecule has 1 aliphatic rings. The van der Waals surface area contributed by atoms with Gasteiger partial charge in [-0.3, -0.25) is 0 Å². The van der Waals surface area contributed by atoms with Gasteiger partial charge < -0.3 is 4.90 Å². The monoisotopic (exact) mass is 215 g/mol. The van der Waals surface area contributed by atoms with Gasteiger partial charge in [0.2, 0.25) is 0 Å². The molecule has 84 valence electrons. The standard InChI is InChI=1S/C13H17N3/c1-11-5-3-2-4-8-16(11)13-7-6-12(9-14)10-15-13/h6-7,10-11H,2-5,8H2,1H3. The van der Waals surface area contributed by atoms with Gasteiger partial charge in [0.25, 0.3) is 0 Å². The highest BCUT2D eigenvalue weighted by atomic mass is 15.2. The summed E-state index contributed by atoms with van der Waals surface area (Å²) in [6.07, 6.45) is 6.77. The third kappa shape index (κ3) is 2.33. The Morgan fingerprint density at radius 2 is 2.25 bits per heavy atom. The number of nitrogens with zero attached hydrogens (tertiary/aromatic N) is 3. The van der Waals surface area contributed by atoms with Crippen LogP contribution in [0.3, 0.4) is 0 Å². The van der Waals surface area contributed by atoms with Crippen molar-refractivity contribution in [2.75, 3.05) is 11.4 Å². The first-order valence-corrected chi connectivity index (χ1v) is 5.94. The molecule has 1 aromatic heterocycles. The summed E-state index contributed by atoms with van der Waals surface area (Å²) in [5.41, 5.74) is 0.631. The predicted octanol–water partition coefficient (Wildman–Crippen LogP) is 2.72. The molecule has 0 spiro atoms. The van der Waals surface area contributed by atoms with Gasteiger partial charge in [-0.15, -0.1) is 0 Å². The van der Waals surface area contributed by atoms with Crippen LogP contribution in [0.15, 0.2) is 18.3 Å². The van der Waals surface area contributed by atoms with E-state index in [1.807, 2.05) is 12.1 Å². The van der Waals surface area contributed by atoms with E-state index in [2.05, 4.69) is 22.9 Å². The van der Waals surface area contributed by atoms with Gasteiger partial charge in [-0.2, -0.15) is 5.26 Å². The Morgan fingerprint density at radius 1 is 1.38 bits per heavy atom. The molecule has 2 heterocycles. The van der Waals surface area contributed by atoms with Crippen molar-refractivity contribution in [1.82, 2.24) is 4.98 Å². The van der Waals surface area contributed by atoms with Crippen LogP contribution in [0.5, 0.6) is 0 Å². The summed E-state index contributed by atoms with van der Waals surface area (Å²) in [5.74, 6) is 1.01. The van der Waals surface area contributed by atoms with E-state index in [4.69, 9.17) is 5.26 Å². The largest absolute Gasteiger partial charge is 0.354 e. The van der Waals surface area contributed by atoms with Gasteiger partial charge in [0.05, 0.1) is 5.56 Å². The first-order valence-electron chi connectivity index (χ1n) is 5.94. The Morgan fingerprint density at radius 3 is 2.94 bits per heavy atom. The number of hydrogen-bond acceptors (Lipinski definition) is 3. The smallest absolute Gasteiger partial charge is 0.128 e. The van der Waals surface area contributed by atoms with Gasteiger partial charge in [0.1, 0.15) is 11.9 Å². The zero-order valence-electron chi connectivity index (χ0n) is 9.69. The van der Waals surface area contributed by atoms with Crippen molar-refractivity contribution >= 4 is 5.82 Å². The molecule has 0 bridgehead atoms. The summed E-state index contributed by atoms with van der Waals surface area (Å²) in [6, 6.07) is 6.46. The molecular weight excluding hydrogens is 198 g/mol. The van der Waals surface area contributed by atoms with Gasteiger partial charge in [0.15, 0.2) is 0 Å². The minimum Gasteiger partial charge on any atom is -0.354 e. The Labute approximate surface area is 96.7 Å². The van der Waals surface area contributed by atoms with E-state index in [1.165, 1.54) is 25.7 Å². The van der Waals surface area contributed by atoms with Gasteiger partial charge in [-0.25, -0.2) is 4.98 Å². The van der Waals surface area contributed by atoms with Crippen LogP contribution < -0.4 is 4.90 Å². The molecule has 0 radical (unpaired) electrons. The van der Waals surface area contributed by atoms with Crippen molar-refractivity contribution in [1.29, 1.82) is 5.26 Å². The summed E-state index contributed by atoms with van der Waals surface area (Å²) in [7, 11) is 0. The van der Waals surface area contributed by atoms with Crippen LogP contribution in [0, 0.1) is 11.3 Å². The minimum absolute atomic E-state index is 0.558. The molecule has 2 rings (SSSR count). The first kappa shape index (κ1) is 10.9. The predicted molar refractivity (Wildman–Crippen MR) is 64.2 cm³/mol. The van der Waals surface area contributed by atoms with E-state index in [-0.39, 0.29) is 0 Å². The Balaban J connectivity index is 2.18. The fourth-order valence-electron chi connectivity index (χ4n) is 2.24. The van der Waals surface area contributed by atoms with E-state index in [0.29, 0.717) is 11.6 Å². The topological polar surface area (TPSA) is 39.9 Å². The van der Waals surface area contributed by atoms with Crippen molar-refractivity contribution in [2.45, 2.75) is 38.6 Å². The molecule has 16 heavy (non-hydrogen) atoms. The van der Waals surface area contributed by atoms with E-state index in [1.54, 1.807) is 6.20 Å². The summed E-state index contributed by atoms with van der Waals surface area (Å²) in [4.78, 5) is 6.72. The second-order valence-corrected chi connectivity index (χ2v) is 4.41. The average Bonchev–Trinajstić information content (AvgIpc) is 2.54. The normalized spacial score (nSPS) is 21.2. The van der Waals surface area contributed by atoms with E-state index in [9.17, 15) is 0 Å².